The number of amidine groups is 1. The van der Waals surface area contributed by atoms with Gasteiger partial charge in [-0.15, -0.1) is 0 Å². The van der Waals surface area contributed by atoms with E-state index < -0.39 is 0 Å². The fourth-order valence-electron chi connectivity index (χ4n) is 1.16. The molecule has 1 aromatic rings. The minimum Gasteiger partial charge on any atom is -0.409 e. The summed E-state index contributed by atoms with van der Waals surface area (Å²) in [5.41, 5.74) is 7.49. The number of nitrogens with zero attached hydrogens (tertiary/aromatic N) is 1. The highest BCUT2D eigenvalue weighted by molar-refractivity contribution is 5.99. The first kappa shape index (κ1) is 11.8. The van der Waals surface area contributed by atoms with E-state index in [1.54, 1.807) is 18.2 Å². The number of anilines is 1. The average Bonchev–Trinajstić information content (AvgIpc) is 2.30. The summed E-state index contributed by atoms with van der Waals surface area (Å²) in [5.74, 6) is -0.0000402. The van der Waals surface area contributed by atoms with Gasteiger partial charge in [-0.05, 0) is 18.6 Å². The van der Waals surface area contributed by atoms with Crippen LogP contribution in [0.25, 0.3) is 0 Å². The number of nitrogens with one attached hydrogen (secondary N) is 2. The number of carbonyl (C=O) groups excluding carboxylic acids is 1. The lowest BCUT2D eigenvalue weighted by atomic mass is 10.1. The van der Waals surface area contributed by atoms with Crippen molar-refractivity contribution < 1.29 is 10.0 Å². The van der Waals surface area contributed by atoms with Gasteiger partial charge in [-0.3, -0.25) is 0 Å². The van der Waals surface area contributed by atoms with Gasteiger partial charge in [0, 0.05) is 18.3 Å². The van der Waals surface area contributed by atoms with Gasteiger partial charge in [-0.1, -0.05) is 17.3 Å². The van der Waals surface area contributed by atoms with Crippen LogP contribution in [0.2, 0.25) is 0 Å². The third kappa shape index (κ3) is 2.63. The van der Waals surface area contributed by atoms with Gasteiger partial charge in [0.25, 0.3) is 0 Å². The number of benzene rings is 1. The predicted molar refractivity (Wildman–Crippen MR) is 61.8 cm³/mol. The lowest BCUT2D eigenvalue weighted by Gasteiger charge is -2.09. The van der Waals surface area contributed by atoms with Gasteiger partial charge < -0.3 is 21.6 Å². The molecule has 0 bridgehead atoms. The fourth-order valence-corrected chi connectivity index (χ4v) is 1.16. The molecule has 0 aliphatic heterocycles. The number of hydrogen-bond donors (Lipinski definition) is 4. The zero-order valence-electron chi connectivity index (χ0n) is 9.11. The van der Waals surface area contributed by atoms with Crippen molar-refractivity contribution in [2.24, 2.45) is 10.9 Å². The number of hydrogen-bond acceptors (Lipinski definition) is 3. The second-order valence-corrected chi connectivity index (χ2v) is 3.22. The van der Waals surface area contributed by atoms with Crippen molar-refractivity contribution in [1.29, 1.82) is 0 Å². The van der Waals surface area contributed by atoms with E-state index in [-0.39, 0.29) is 11.9 Å². The van der Waals surface area contributed by atoms with Crippen LogP contribution in [0.5, 0.6) is 0 Å². The van der Waals surface area contributed by atoms with Gasteiger partial charge >= 0.3 is 6.03 Å². The Balaban J connectivity index is 3.04. The molecule has 0 atom stereocenters. The summed E-state index contributed by atoms with van der Waals surface area (Å²) in [6.45, 7) is 1.85. The van der Waals surface area contributed by atoms with Crippen LogP contribution in [0.4, 0.5) is 10.5 Å². The van der Waals surface area contributed by atoms with Gasteiger partial charge in [0.1, 0.15) is 0 Å². The number of rotatable bonds is 2. The molecule has 0 aromatic heterocycles. The SMILES string of the molecule is CNC(=O)Nc1cc(/C(N)=N/O)ccc1C. The number of amides is 2. The van der Waals surface area contributed by atoms with Gasteiger partial charge in [-0.25, -0.2) is 4.79 Å². The lowest BCUT2D eigenvalue weighted by molar-refractivity contribution is 0.254. The van der Waals surface area contributed by atoms with E-state index in [1.165, 1.54) is 7.05 Å². The second kappa shape index (κ2) is 5.01. The molecule has 6 heteroatoms. The molecule has 0 unspecified atom stereocenters. The molecular formula is C10H14N4O2. The fraction of sp³-hybridized carbons (Fsp3) is 0.200. The first-order valence-electron chi connectivity index (χ1n) is 4.65. The Bertz CT molecular complexity index is 429. The van der Waals surface area contributed by atoms with Gasteiger partial charge in [-0.2, -0.15) is 0 Å². The molecule has 0 saturated heterocycles. The first-order chi connectivity index (χ1) is 7.58. The Hall–Kier alpha value is -2.24. The maximum atomic E-state index is 11.2. The molecular weight excluding hydrogens is 208 g/mol. The zero-order chi connectivity index (χ0) is 12.1. The molecule has 1 aromatic carbocycles. The Morgan fingerprint density at radius 3 is 2.75 bits per heavy atom. The summed E-state index contributed by atoms with van der Waals surface area (Å²) in [5, 5.41) is 16.5. The largest absolute Gasteiger partial charge is 0.409 e. The maximum absolute atomic E-state index is 11.2. The minimum atomic E-state index is -0.320. The van der Waals surface area contributed by atoms with Gasteiger partial charge in [0.2, 0.25) is 0 Å². The Kier molecular flexibility index (Phi) is 3.71. The van der Waals surface area contributed by atoms with Crippen LogP contribution in [-0.2, 0) is 0 Å². The van der Waals surface area contributed by atoms with Crippen LogP contribution in [-0.4, -0.2) is 24.1 Å². The van der Waals surface area contributed by atoms with E-state index in [0.717, 1.165) is 5.56 Å². The van der Waals surface area contributed by atoms with Crippen LogP contribution in [0.1, 0.15) is 11.1 Å². The Labute approximate surface area is 93.1 Å². The molecule has 16 heavy (non-hydrogen) atoms. The number of carbonyl (C=O) groups is 1. The summed E-state index contributed by atoms with van der Waals surface area (Å²) in [6, 6.07) is 4.80. The molecule has 0 saturated carbocycles. The van der Waals surface area contributed by atoms with Crippen molar-refractivity contribution in [2.75, 3.05) is 12.4 Å². The number of nitrogens with two attached hydrogens (primary N) is 1. The van der Waals surface area contributed by atoms with E-state index >= 15 is 0 Å². The zero-order valence-corrected chi connectivity index (χ0v) is 9.11. The molecule has 2 amide bonds. The van der Waals surface area contributed by atoms with Crippen LogP contribution >= 0.6 is 0 Å². The number of urea groups is 1. The highest BCUT2D eigenvalue weighted by atomic mass is 16.4. The summed E-state index contributed by atoms with van der Waals surface area (Å²) < 4.78 is 0. The molecule has 86 valence electrons. The van der Waals surface area contributed by atoms with Crippen molar-refractivity contribution >= 4 is 17.6 Å². The molecule has 0 fully saturated rings. The van der Waals surface area contributed by atoms with Crippen LogP contribution in [0, 0.1) is 6.92 Å². The third-order valence-electron chi connectivity index (χ3n) is 2.12. The van der Waals surface area contributed by atoms with E-state index in [9.17, 15) is 4.79 Å². The smallest absolute Gasteiger partial charge is 0.318 e. The second-order valence-electron chi connectivity index (χ2n) is 3.22. The van der Waals surface area contributed by atoms with E-state index in [2.05, 4.69) is 15.8 Å². The number of aryl methyl sites for hydroxylation is 1. The molecule has 1 rings (SSSR count). The van der Waals surface area contributed by atoms with Crippen molar-refractivity contribution in [3.63, 3.8) is 0 Å². The molecule has 0 heterocycles. The summed E-state index contributed by atoms with van der Waals surface area (Å²) in [7, 11) is 1.53. The van der Waals surface area contributed by atoms with Crippen molar-refractivity contribution in [3.8, 4) is 0 Å². The van der Waals surface area contributed by atoms with Crippen molar-refractivity contribution in [3.05, 3.63) is 29.3 Å². The topological polar surface area (TPSA) is 99.7 Å². The van der Waals surface area contributed by atoms with Crippen LogP contribution in [0.15, 0.2) is 23.4 Å². The average molecular weight is 222 g/mol. The highest BCUT2D eigenvalue weighted by Gasteiger charge is 2.06. The maximum Gasteiger partial charge on any atom is 0.318 e. The minimum absolute atomic E-state index is 0.0000402. The van der Waals surface area contributed by atoms with E-state index in [0.29, 0.717) is 11.3 Å². The standard InChI is InChI=1S/C10H14N4O2/c1-6-3-4-7(9(11)14-16)5-8(6)13-10(15)12-2/h3-5,16H,1-2H3,(H2,11,14)(H2,12,13,15). The molecule has 0 spiro atoms. The Morgan fingerprint density at radius 2 is 2.19 bits per heavy atom. The van der Waals surface area contributed by atoms with Crippen LogP contribution < -0.4 is 16.4 Å². The quantitative estimate of drug-likeness (QED) is 0.258. The Morgan fingerprint density at radius 1 is 1.50 bits per heavy atom. The molecule has 0 aliphatic rings. The monoisotopic (exact) mass is 222 g/mol. The van der Waals surface area contributed by atoms with E-state index in [1.807, 2.05) is 6.92 Å². The molecule has 5 N–H and O–H groups in total. The highest BCUT2D eigenvalue weighted by Crippen LogP contribution is 2.16. The summed E-state index contributed by atoms with van der Waals surface area (Å²) >= 11 is 0. The summed E-state index contributed by atoms with van der Waals surface area (Å²) in [4.78, 5) is 11.2. The van der Waals surface area contributed by atoms with Gasteiger partial charge in [0.05, 0.1) is 0 Å². The molecule has 6 nitrogen and oxygen atoms in total. The predicted octanol–water partition coefficient (Wildman–Crippen LogP) is 0.841. The van der Waals surface area contributed by atoms with Crippen molar-refractivity contribution in [2.45, 2.75) is 6.92 Å². The van der Waals surface area contributed by atoms with E-state index in [4.69, 9.17) is 10.9 Å². The van der Waals surface area contributed by atoms with Crippen molar-refractivity contribution in [1.82, 2.24) is 5.32 Å². The molecule has 0 aliphatic carbocycles. The van der Waals surface area contributed by atoms with Gasteiger partial charge in [0.15, 0.2) is 5.84 Å². The normalized spacial score (nSPS) is 11.0. The molecule has 0 radical (unpaired) electrons. The number of oxime groups is 1. The third-order valence-corrected chi connectivity index (χ3v) is 2.12. The lowest BCUT2D eigenvalue weighted by Crippen LogP contribution is -2.25. The summed E-state index contributed by atoms with van der Waals surface area (Å²) in [6.07, 6.45) is 0. The first-order valence-corrected chi connectivity index (χ1v) is 4.65. The van der Waals surface area contributed by atoms with Crippen LogP contribution in [0.3, 0.4) is 0 Å².